The van der Waals surface area contributed by atoms with Crippen molar-refractivity contribution in [2.45, 2.75) is 133 Å². The fourth-order valence-corrected chi connectivity index (χ4v) is 3.90. The van der Waals surface area contributed by atoms with E-state index in [1.165, 1.54) is 49.9 Å². The topological polar surface area (TPSA) is 31.9 Å². The highest BCUT2D eigenvalue weighted by molar-refractivity contribution is 5.64. The highest BCUT2D eigenvalue weighted by Crippen LogP contribution is 2.38. The van der Waals surface area contributed by atoms with Gasteiger partial charge in [0, 0.05) is 25.0 Å². The maximum atomic E-state index is 3.86. The van der Waals surface area contributed by atoms with Crippen molar-refractivity contribution < 1.29 is 0 Å². The van der Waals surface area contributed by atoms with Crippen LogP contribution < -0.4 is 4.90 Å². The Morgan fingerprint density at radius 2 is 1.09 bits per heavy atom. The molecule has 198 valence electrons. The van der Waals surface area contributed by atoms with Crippen LogP contribution in [0.2, 0.25) is 0 Å². The lowest BCUT2D eigenvalue weighted by Gasteiger charge is -2.38. The lowest BCUT2D eigenvalue weighted by molar-refractivity contribution is 0.580. The summed E-state index contributed by atoms with van der Waals surface area (Å²) >= 11 is 0. The Bertz CT molecular complexity index is 700. The number of benzene rings is 1. The number of aromatic amines is 1. The van der Waals surface area contributed by atoms with Gasteiger partial charge in [-0.05, 0) is 58.8 Å². The van der Waals surface area contributed by atoms with Crippen LogP contribution in [0.3, 0.4) is 0 Å². The number of H-pyrrole nitrogens is 1. The molecule has 3 nitrogen and oxygen atoms in total. The molecular formula is C31H59N3. The van der Waals surface area contributed by atoms with Crippen LogP contribution in [0.5, 0.6) is 0 Å². The molecule has 0 fully saturated rings. The van der Waals surface area contributed by atoms with Gasteiger partial charge in [0.2, 0.25) is 0 Å². The summed E-state index contributed by atoms with van der Waals surface area (Å²) in [4.78, 5) is 2.62. The van der Waals surface area contributed by atoms with Gasteiger partial charge in [-0.2, -0.15) is 5.10 Å². The van der Waals surface area contributed by atoms with Gasteiger partial charge in [0.15, 0.2) is 0 Å². The van der Waals surface area contributed by atoms with Crippen molar-refractivity contribution in [3.63, 3.8) is 0 Å². The van der Waals surface area contributed by atoms with Crippen molar-refractivity contribution in [1.29, 1.82) is 0 Å². The van der Waals surface area contributed by atoms with E-state index in [1.54, 1.807) is 16.8 Å². The van der Waals surface area contributed by atoms with E-state index in [1.807, 2.05) is 67.8 Å². The van der Waals surface area contributed by atoms with Gasteiger partial charge in [0.05, 0.1) is 6.20 Å². The quantitative estimate of drug-likeness (QED) is 0.413. The average molecular weight is 474 g/mol. The number of nitrogens with zero attached hydrogens (tertiary/aromatic N) is 2. The van der Waals surface area contributed by atoms with E-state index in [2.05, 4.69) is 68.8 Å². The van der Waals surface area contributed by atoms with Gasteiger partial charge >= 0.3 is 0 Å². The van der Waals surface area contributed by atoms with E-state index in [0.717, 1.165) is 0 Å². The van der Waals surface area contributed by atoms with E-state index >= 15 is 0 Å². The molecular weight excluding hydrogens is 414 g/mol. The second kappa shape index (κ2) is 17.6. The summed E-state index contributed by atoms with van der Waals surface area (Å²) in [6.45, 7) is 32.0. The molecule has 0 atom stereocenters. The normalized spacial score (nSPS) is 13.4. The third-order valence-corrected chi connectivity index (χ3v) is 5.56. The molecule has 0 aliphatic carbocycles. The second-order valence-electron chi connectivity index (χ2n) is 9.82. The van der Waals surface area contributed by atoms with E-state index in [4.69, 9.17) is 0 Å². The monoisotopic (exact) mass is 473 g/mol. The summed E-state index contributed by atoms with van der Waals surface area (Å²) in [5.41, 5.74) is 8.10. The standard InChI is InChI=1S/C16H23N.C7H12N2.4C2H6/c1-16(2,3)14-10-12-6-4-8-17-9-5-7-13(11-14)15(12)17;1-7(2,3)6-4-8-9-5-6;4*1-2/h10-11H,4-9H2,1-3H3;4-5H,1-3H3,(H,8,9);4*1-2H3. The minimum Gasteiger partial charge on any atom is -0.371 e. The molecule has 0 bridgehead atoms. The number of hydrogen-bond donors (Lipinski definition) is 1. The van der Waals surface area contributed by atoms with Crippen LogP contribution in [-0.4, -0.2) is 23.3 Å². The molecule has 1 N–H and O–H groups in total. The fraction of sp³-hybridized carbons (Fsp3) is 0.710. The van der Waals surface area contributed by atoms with Gasteiger partial charge in [-0.15, -0.1) is 0 Å². The molecule has 2 aliphatic rings. The summed E-state index contributed by atoms with van der Waals surface area (Å²) in [6, 6.07) is 4.94. The van der Waals surface area contributed by atoms with E-state index in [-0.39, 0.29) is 10.8 Å². The van der Waals surface area contributed by atoms with Gasteiger partial charge in [0.25, 0.3) is 0 Å². The lowest BCUT2D eigenvalue weighted by Crippen LogP contribution is -2.34. The molecule has 2 aromatic rings. The number of anilines is 1. The maximum Gasteiger partial charge on any atom is 0.0524 e. The van der Waals surface area contributed by atoms with E-state index < -0.39 is 0 Å². The molecule has 0 unspecified atom stereocenters. The fourth-order valence-electron chi connectivity index (χ4n) is 3.90. The smallest absolute Gasteiger partial charge is 0.0524 e. The van der Waals surface area contributed by atoms with Gasteiger partial charge < -0.3 is 4.90 Å². The van der Waals surface area contributed by atoms with Crippen LogP contribution in [0.25, 0.3) is 0 Å². The summed E-state index contributed by atoms with van der Waals surface area (Å²) in [7, 11) is 0. The molecule has 4 rings (SSSR count). The Labute approximate surface area is 214 Å². The van der Waals surface area contributed by atoms with Crippen LogP contribution in [-0.2, 0) is 23.7 Å². The van der Waals surface area contributed by atoms with Crippen LogP contribution in [0.15, 0.2) is 24.5 Å². The Morgan fingerprint density at radius 3 is 1.38 bits per heavy atom. The molecule has 3 heterocycles. The molecule has 1 aromatic carbocycles. The number of aryl methyl sites for hydroxylation is 2. The molecule has 0 radical (unpaired) electrons. The van der Waals surface area contributed by atoms with Crippen molar-refractivity contribution in [2.24, 2.45) is 0 Å². The molecule has 2 aliphatic heterocycles. The Hall–Kier alpha value is -1.77. The van der Waals surface area contributed by atoms with Crippen LogP contribution in [0.4, 0.5) is 5.69 Å². The lowest BCUT2D eigenvalue weighted by atomic mass is 9.81. The summed E-state index contributed by atoms with van der Waals surface area (Å²) in [6.07, 6.45) is 9.02. The summed E-state index contributed by atoms with van der Waals surface area (Å²) in [5.74, 6) is 0. The molecule has 0 amide bonds. The van der Waals surface area contributed by atoms with Crippen LogP contribution >= 0.6 is 0 Å². The predicted molar refractivity (Wildman–Crippen MR) is 157 cm³/mol. The number of aromatic nitrogens is 2. The van der Waals surface area contributed by atoms with Gasteiger partial charge in [0.1, 0.15) is 0 Å². The molecule has 0 saturated carbocycles. The van der Waals surface area contributed by atoms with E-state index in [0.29, 0.717) is 0 Å². The second-order valence-corrected chi connectivity index (χ2v) is 9.82. The van der Waals surface area contributed by atoms with Gasteiger partial charge in [-0.1, -0.05) is 109 Å². The zero-order chi connectivity index (χ0) is 26.9. The molecule has 0 saturated heterocycles. The highest BCUT2D eigenvalue weighted by Gasteiger charge is 2.26. The summed E-state index contributed by atoms with van der Waals surface area (Å²) in [5, 5.41) is 6.65. The first-order chi connectivity index (χ1) is 16.2. The van der Waals surface area contributed by atoms with Crippen molar-refractivity contribution in [2.75, 3.05) is 18.0 Å². The van der Waals surface area contributed by atoms with Crippen LogP contribution in [0, 0.1) is 0 Å². The average Bonchev–Trinajstić information content (AvgIpc) is 3.41. The molecule has 0 spiro atoms. The first-order valence-corrected chi connectivity index (χ1v) is 14.1. The number of hydrogen-bond acceptors (Lipinski definition) is 2. The number of nitrogens with one attached hydrogen (secondary N) is 1. The first kappa shape index (κ1) is 34.4. The van der Waals surface area contributed by atoms with Crippen molar-refractivity contribution in [3.8, 4) is 0 Å². The minimum atomic E-state index is 0.229. The van der Waals surface area contributed by atoms with Crippen molar-refractivity contribution in [1.82, 2.24) is 10.2 Å². The van der Waals surface area contributed by atoms with Crippen molar-refractivity contribution >= 4 is 5.69 Å². The third kappa shape index (κ3) is 10.7. The Morgan fingerprint density at radius 1 is 0.676 bits per heavy atom. The van der Waals surface area contributed by atoms with Gasteiger partial charge in [-0.25, -0.2) is 0 Å². The molecule has 3 heteroatoms. The maximum absolute atomic E-state index is 3.86. The molecule has 1 aromatic heterocycles. The predicted octanol–water partition coefficient (Wildman–Crippen LogP) is 9.49. The third-order valence-electron chi connectivity index (χ3n) is 5.56. The summed E-state index contributed by atoms with van der Waals surface area (Å²) < 4.78 is 0. The Kier molecular flexibility index (Phi) is 17.8. The van der Waals surface area contributed by atoms with E-state index in [9.17, 15) is 0 Å². The molecule has 34 heavy (non-hydrogen) atoms. The zero-order valence-electron chi connectivity index (χ0n) is 25.4. The van der Waals surface area contributed by atoms with Crippen molar-refractivity contribution in [3.05, 3.63) is 46.8 Å². The number of rotatable bonds is 0. The highest BCUT2D eigenvalue weighted by atomic mass is 15.1. The van der Waals surface area contributed by atoms with Gasteiger partial charge in [-0.3, -0.25) is 5.10 Å². The Balaban J connectivity index is 0. The zero-order valence-corrected chi connectivity index (χ0v) is 25.4. The van der Waals surface area contributed by atoms with Crippen LogP contribution in [0.1, 0.15) is 132 Å². The first-order valence-electron chi connectivity index (χ1n) is 14.1. The SMILES string of the molecule is CC.CC.CC.CC.CC(C)(C)c1cc2c3c(c1)CCCN3CCC2.CC(C)(C)c1cn[nH]c1. The minimum absolute atomic E-state index is 0.229. The largest absolute Gasteiger partial charge is 0.371 e.